The summed E-state index contributed by atoms with van der Waals surface area (Å²) in [6.45, 7) is 3.64. The Kier molecular flexibility index (Phi) is 5.34. The van der Waals surface area contributed by atoms with E-state index >= 15 is 0 Å². The van der Waals surface area contributed by atoms with Crippen LogP contribution in [0.1, 0.15) is 24.8 Å². The van der Waals surface area contributed by atoms with E-state index in [0.29, 0.717) is 12.8 Å². The van der Waals surface area contributed by atoms with Gasteiger partial charge in [-0.15, -0.1) is 6.58 Å². The van der Waals surface area contributed by atoms with E-state index in [1.807, 2.05) is 30.3 Å². The van der Waals surface area contributed by atoms with Crippen molar-refractivity contribution < 1.29 is 9.53 Å². The van der Waals surface area contributed by atoms with E-state index in [9.17, 15) is 4.79 Å². The number of methoxy groups -OCH3 is 1. The first kappa shape index (κ1) is 12.5. The maximum absolute atomic E-state index is 11.6. The number of carbonyl (C=O) groups excluding carboxylic acids is 1. The van der Waals surface area contributed by atoms with Gasteiger partial charge in [0.15, 0.2) is 0 Å². The van der Waals surface area contributed by atoms with E-state index in [1.54, 1.807) is 7.11 Å². The van der Waals surface area contributed by atoms with Crippen LogP contribution in [0.3, 0.4) is 0 Å². The standard InChI is InChI=1S/C14H18O2/c1-3-4-5-8-13(15)10-12-7-6-9-14(11-12)16-2/h3,6-7,9,11H,1,4-5,8,10H2,2H3. The van der Waals surface area contributed by atoms with E-state index in [-0.39, 0.29) is 5.78 Å². The Labute approximate surface area is 96.9 Å². The number of carbonyl (C=O) groups is 1. The van der Waals surface area contributed by atoms with Crippen molar-refractivity contribution in [2.75, 3.05) is 7.11 Å². The summed E-state index contributed by atoms with van der Waals surface area (Å²) in [4.78, 5) is 11.6. The molecule has 0 atom stereocenters. The third-order valence-corrected chi connectivity index (χ3v) is 2.40. The van der Waals surface area contributed by atoms with Gasteiger partial charge in [-0.25, -0.2) is 0 Å². The SMILES string of the molecule is C=CCCCC(=O)Cc1cccc(OC)c1. The molecule has 0 saturated heterocycles. The molecule has 86 valence electrons. The lowest BCUT2D eigenvalue weighted by Crippen LogP contribution is -2.02. The number of ketones is 1. The zero-order valence-electron chi connectivity index (χ0n) is 9.74. The molecule has 0 aliphatic carbocycles. The molecule has 0 bridgehead atoms. The lowest BCUT2D eigenvalue weighted by molar-refractivity contribution is -0.118. The normalized spacial score (nSPS) is 9.81. The molecule has 0 amide bonds. The van der Waals surface area contributed by atoms with Crippen LogP contribution in [0.4, 0.5) is 0 Å². The van der Waals surface area contributed by atoms with Crippen molar-refractivity contribution in [1.29, 1.82) is 0 Å². The molecule has 0 heterocycles. The summed E-state index contributed by atoms with van der Waals surface area (Å²) in [5.41, 5.74) is 1.02. The maximum Gasteiger partial charge on any atom is 0.137 e. The molecule has 1 aromatic rings. The second kappa shape index (κ2) is 6.83. The monoisotopic (exact) mass is 218 g/mol. The summed E-state index contributed by atoms with van der Waals surface area (Å²) >= 11 is 0. The minimum Gasteiger partial charge on any atom is -0.497 e. The lowest BCUT2D eigenvalue weighted by Gasteiger charge is -2.03. The van der Waals surface area contributed by atoms with E-state index < -0.39 is 0 Å². The molecule has 1 aromatic carbocycles. The number of Topliss-reactive ketones (excluding diaryl/α,β-unsaturated/α-hetero) is 1. The first-order valence-electron chi connectivity index (χ1n) is 5.52. The highest BCUT2D eigenvalue weighted by molar-refractivity contribution is 5.80. The molecular weight excluding hydrogens is 200 g/mol. The van der Waals surface area contributed by atoms with Crippen LogP contribution in [0.25, 0.3) is 0 Å². The zero-order chi connectivity index (χ0) is 11.8. The molecule has 0 spiro atoms. The molecule has 2 heteroatoms. The summed E-state index contributed by atoms with van der Waals surface area (Å²) in [5.74, 6) is 1.08. The van der Waals surface area contributed by atoms with Gasteiger partial charge in [-0.1, -0.05) is 18.2 Å². The summed E-state index contributed by atoms with van der Waals surface area (Å²) in [7, 11) is 1.63. The molecule has 0 unspecified atom stereocenters. The van der Waals surface area contributed by atoms with Gasteiger partial charge in [-0.05, 0) is 30.5 Å². The van der Waals surface area contributed by atoms with Gasteiger partial charge in [0.05, 0.1) is 7.11 Å². The molecule has 16 heavy (non-hydrogen) atoms. The second-order valence-corrected chi connectivity index (χ2v) is 3.75. The Morgan fingerprint density at radius 2 is 2.31 bits per heavy atom. The van der Waals surface area contributed by atoms with Crippen LogP contribution in [0.2, 0.25) is 0 Å². The van der Waals surface area contributed by atoms with Crippen molar-refractivity contribution in [2.45, 2.75) is 25.7 Å². The Balaban J connectivity index is 2.45. The fraction of sp³-hybridized carbons (Fsp3) is 0.357. The molecule has 2 nitrogen and oxygen atoms in total. The second-order valence-electron chi connectivity index (χ2n) is 3.75. The van der Waals surface area contributed by atoms with Crippen LogP contribution in [-0.4, -0.2) is 12.9 Å². The zero-order valence-corrected chi connectivity index (χ0v) is 9.74. The minimum atomic E-state index is 0.273. The molecular formula is C14H18O2. The van der Waals surface area contributed by atoms with Crippen molar-refractivity contribution in [2.24, 2.45) is 0 Å². The smallest absolute Gasteiger partial charge is 0.137 e. The Morgan fingerprint density at radius 1 is 1.50 bits per heavy atom. The number of rotatable bonds is 7. The highest BCUT2D eigenvalue weighted by Crippen LogP contribution is 2.14. The highest BCUT2D eigenvalue weighted by Gasteiger charge is 2.03. The van der Waals surface area contributed by atoms with Crippen LogP contribution in [0.5, 0.6) is 5.75 Å². The number of hydrogen-bond acceptors (Lipinski definition) is 2. The lowest BCUT2D eigenvalue weighted by atomic mass is 10.0. The summed E-state index contributed by atoms with van der Waals surface area (Å²) in [6, 6.07) is 7.65. The third kappa shape index (κ3) is 4.30. The first-order valence-corrected chi connectivity index (χ1v) is 5.52. The van der Waals surface area contributed by atoms with Crippen molar-refractivity contribution in [3.8, 4) is 5.75 Å². The van der Waals surface area contributed by atoms with Gasteiger partial charge in [0.2, 0.25) is 0 Å². The van der Waals surface area contributed by atoms with Gasteiger partial charge < -0.3 is 4.74 Å². The van der Waals surface area contributed by atoms with Gasteiger partial charge in [0.25, 0.3) is 0 Å². The van der Waals surface area contributed by atoms with Crippen LogP contribution >= 0.6 is 0 Å². The summed E-state index contributed by atoms with van der Waals surface area (Å²) in [6.07, 6.45) is 4.77. The fourth-order valence-corrected chi connectivity index (χ4v) is 1.54. The molecule has 1 rings (SSSR count). The van der Waals surface area contributed by atoms with E-state index in [4.69, 9.17) is 4.74 Å². The number of hydrogen-bond donors (Lipinski definition) is 0. The van der Waals surface area contributed by atoms with Crippen molar-refractivity contribution in [3.05, 3.63) is 42.5 Å². The van der Waals surface area contributed by atoms with Crippen molar-refractivity contribution in [3.63, 3.8) is 0 Å². The predicted molar refractivity (Wildman–Crippen MR) is 65.8 cm³/mol. The average molecular weight is 218 g/mol. The van der Waals surface area contributed by atoms with Gasteiger partial charge in [-0.2, -0.15) is 0 Å². The average Bonchev–Trinajstić information content (AvgIpc) is 2.29. The first-order chi connectivity index (χ1) is 7.76. The maximum atomic E-state index is 11.6. The highest BCUT2D eigenvalue weighted by atomic mass is 16.5. The van der Waals surface area contributed by atoms with Crippen molar-refractivity contribution >= 4 is 5.78 Å². The van der Waals surface area contributed by atoms with Crippen LogP contribution < -0.4 is 4.74 Å². The molecule has 0 aromatic heterocycles. The van der Waals surface area contributed by atoms with E-state index in [0.717, 1.165) is 24.2 Å². The third-order valence-electron chi connectivity index (χ3n) is 2.40. The van der Waals surface area contributed by atoms with E-state index in [2.05, 4.69) is 6.58 Å². The molecule has 0 aliphatic rings. The minimum absolute atomic E-state index is 0.273. The molecule has 0 fully saturated rings. The van der Waals surface area contributed by atoms with Crippen molar-refractivity contribution in [1.82, 2.24) is 0 Å². The number of benzene rings is 1. The molecule has 0 saturated carbocycles. The summed E-state index contributed by atoms with van der Waals surface area (Å²) in [5, 5.41) is 0. The molecule has 0 N–H and O–H groups in total. The van der Waals surface area contributed by atoms with Gasteiger partial charge in [0.1, 0.15) is 11.5 Å². The molecule has 0 radical (unpaired) electrons. The van der Waals surface area contributed by atoms with Gasteiger partial charge in [0, 0.05) is 12.8 Å². The Hall–Kier alpha value is -1.57. The quantitative estimate of drug-likeness (QED) is 0.519. The topological polar surface area (TPSA) is 26.3 Å². The Bertz CT molecular complexity index is 356. The van der Waals surface area contributed by atoms with Crippen LogP contribution in [0, 0.1) is 0 Å². The number of allylic oxidation sites excluding steroid dienone is 1. The van der Waals surface area contributed by atoms with Crippen LogP contribution in [0.15, 0.2) is 36.9 Å². The van der Waals surface area contributed by atoms with Gasteiger partial charge >= 0.3 is 0 Å². The Morgan fingerprint density at radius 3 is 3.00 bits per heavy atom. The number of ether oxygens (including phenoxy) is 1. The summed E-state index contributed by atoms with van der Waals surface area (Å²) < 4.78 is 5.11. The number of unbranched alkanes of at least 4 members (excludes halogenated alkanes) is 1. The predicted octanol–water partition coefficient (Wildman–Crippen LogP) is 3.16. The largest absolute Gasteiger partial charge is 0.497 e. The van der Waals surface area contributed by atoms with Gasteiger partial charge in [-0.3, -0.25) is 4.79 Å². The van der Waals surface area contributed by atoms with E-state index in [1.165, 1.54) is 0 Å². The fourth-order valence-electron chi connectivity index (χ4n) is 1.54. The molecule has 0 aliphatic heterocycles. The van der Waals surface area contributed by atoms with Crippen LogP contribution in [-0.2, 0) is 11.2 Å².